The average Bonchev–Trinajstić information content (AvgIpc) is 3.43. The smallest absolute Gasteiger partial charge is 0.339 e. The number of hydrogen-bond acceptors (Lipinski definition) is 6. The van der Waals surface area contributed by atoms with Crippen molar-refractivity contribution in [1.29, 1.82) is 0 Å². The standard InChI is InChI=1S/C26H19ClFN3O4/c1-14-11-22(31-35-14)30-23(32)13-34-26(33)24-16-5-2-3-8-21(16)29-25-15(9-10-17(24)25)12-18-19(27)6-4-7-20(18)28/h2-8,11-12H,9-10,13H2,1H3,(H,30,31,32). The number of pyridine rings is 1. The third-order valence-electron chi connectivity index (χ3n) is 5.69. The van der Waals surface area contributed by atoms with Crippen LogP contribution in [0.2, 0.25) is 5.02 Å². The predicted molar refractivity (Wildman–Crippen MR) is 129 cm³/mol. The summed E-state index contributed by atoms with van der Waals surface area (Å²) in [7, 11) is 0. The lowest BCUT2D eigenvalue weighted by Gasteiger charge is -2.12. The topological polar surface area (TPSA) is 94.3 Å². The number of amides is 1. The van der Waals surface area contributed by atoms with E-state index < -0.39 is 24.3 Å². The first-order valence-electron chi connectivity index (χ1n) is 10.9. The molecule has 1 N–H and O–H groups in total. The van der Waals surface area contributed by atoms with E-state index in [1.54, 1.807) is 49.4 Å². The highest BCUT2D eigenvalue weighted by atomic mass is 35.5. The van der Waals surface area contributed by atoms with Crippen molar-refractivity contribution >= 4 is 51.8 Å². The number of halogens is 2. The molecule has 7 nitrogen and oxygen atoms in total. The van der Waals surface area contributed by atoms with Crippen molar-refractivity contribution in [3.63, 3.8) is 0 Å². The lowest BCUT2D eigenvalue weighted by atomic mass is 10.0. The van der Waals surface area contributed by atoms with Gasteiger partial charge in [0.25, 0.3) is 5.91 Å². The van der Waals surface area contributed by atoms with Crippen LogP contribution in [0, 0.1) is 12.7 Å². The normalized spacial score (nSPS) is 13.7. The Labute approximate surface area is 204 Å². The van der Waals surface area contributed by atoms with Crippen LogP contribution in [0.4, 0.5) is 10.2 Å². The lowest BCUT2D eigenvalue weighted by molar-refractivity contribution is -0.119. The zero-order chi connectivity index (χ0) is 24.5. The highest BCUT2D eigenvalue weighted by molar-refractivity contribution is 6.32. The third-order valence-corrected chi connectivity index (χ3v) is 6.02. The van der Waals surface area contributed by atoms with Crippen LogP contribution >= 0.6 is 11.6 Å². The molecular weight excluding hydrogens is 473 g/mol. The molecule has 2 heterocycles. The van der Waals surface area contributed by atoms with Crippen molar-refractivity contribution in [3.05, 3.63) is 87.5 Å². The number of para-hydroxylation sites is 1. The van der Waals surface area contributed by atoms with Gasteiger partial charge >= 0.3 is 5.97 Å². The highest BCUT2D eigenvalue weighted by Crippen LogP contribution is 2.38. The molecule has 0 saturated carbocycles. The molecule has 0 aliphatic heterocycles. The van der Waals surface area contributed by atoms with Crippen LogP contribution in [0.15, 0.2) is 53.1 Å². The van der Waals surface area contributed by atoms with E-state index >= 15 is 0 Å². The fourth-order valence-corrected chi connectivity index (χ4v) is 4.36. The van der Waals surface area contributed by atoms with Gasteiger partial charge in [0.2, 0.25) is 0 Å². The fraction of sp³-hybridized carbons (Fsp3) is 0.154. The molecule has 35 heavy (non-hydrogen) atoms. The van der Waals surface area contributed by atoms with E-state index in [2.05, 4.69) is 10.5 Å². The summed E-state index contributed by atoms with van der Waals surface area (Å²) in [5.41, 5.74) is 3.27. The number of rotatable bonds is 5. The van der Waals surface area contributed by atoms with Gasteiger partial charge in [-0.2, -0.15) is 0 Å². The van der Waals surface area contributed by atoms with Gasteiger partial charge in [-0.25, -0.2) is 14.2 Å². The summed E-state index contributed by atoms with van der Waals surface area (Å²) in [4.78, 5) is 30.2. The second-order valence-electron chi connectivity index (χ2n) is 8.08. The molecule has 0 spiro atoms. The summed E-state index contributed by atoms with van der Waals surface area (Å²) in [6.45, 7) is 1.20. The number of benzene rings is 2. The first-order chi connectivity index (χ1) is 16.9. The maximum absolute atomic E-state index is 14.4. The van der Waals surface area contributed by atoms with Gasteiger partial charge < -0.3 is 14.6 Å². The number of nitrogens with one attached hydrogen (secondary N) is 1. The number of carbonyl (C=O) groups excluding carboxylic acids is 2. The minimum Gasteiger partial charge on any atom is -0.452 e. The Kier molecular flexibility index (Phi) is 6.05. The van der Waals surface area contributed by atoms with E-state index in [0.717, 1.165) is 5.57 Å². The molecule has 1 aliphatic carbocycles. The van der Waals surface area contributed by atoms with Crippen LogP contribution in [0.25, 0.3) is 22.6 Å². The lowest BCUT2D eigenvalue weighted by Crippen LogP contribution is -2.22. The average molecular weight is 492 g/mol. The molecule has 0 atom stereocenters. The Morgan fingerprint density at radius 3 is 2.80 bits per heavy atom. The number of aromatic nitrogens is 2. The molecule has 0 saturated heterocycles. The van der Waals surface area contributed by atoms with Crippen LogP contribution in [0.3, 0.4) is 0 Å². The summed E-state index contributed by atoms with van der Waals surface area (Å²) < 4.78 is 24.7. The highest BCUT2D eigenvalue weighted by Gasteiger charge is 2.28. The minimum atomic E-state index is -0.642. The molecule has 2 aromatic heterocycles. The van der Waals surface area contributed by atoms with Gasteiger partial charge in [0.1, 0.15) is 11.6 Å². The van der Waals surface area contributed by atoms with Gasteiger partial charge in [0.15, 0.2) is 12.4 Å². The van der Waals surface area contributed by atoms with Crippen molar-refractivity contribution in [3.8, 4) is 0 Å². The second kappa shape index (κ2) is 9.31. The SMILES string of the molecule is Cc1cc(NC(=O)COC(=O)c2c3c(nc4ccccc24)C(=Cc2c(F)cccc2Cl)CC3)no1. The molecule has 1 amide bonds. The number of esters is 1. The summed E-state index contributed by atoms with van der Waals surface area (Å²) >= 11 is 6.21. The summed E-state index contributed by atoms with van der Waals surface area (Å²) in [5.74, 6) is -0.850. The molecule has 0 fully saturated rings. The van der Waals surface area contributed by atoms with Crippen molar-refractivity contribution in [2.24, 2.45) is 0 Å². The number of allylic oxidation sites excluding steroid dienone is 1. The van der Waals surface area contributed by atoms with Crippen molar-refractivity contribution < 1.29 is 23.2 Å². The first-order valence-corrected chi connectivity index (χ1v) is 11.3. The Balaban J connectivity index is 1.48. The van der Waals surface area contributed by atoms with Crippen LogP contribution in [0.1, 0.15) is 39.4 Å². The van der Waals surface area contributed by atoms with Crippen LogP contribution in [-0.2, 0) is 16.0 Å². The molecule has 5 rings (SSSR count). The molecule has 1 aliphatic rings. The number of aryl methyl sites for hydroxylation is 1. The molecule has 0 unspecified atom stereocenters. The van der Waals surface area contributed by atoms with Gasteiger partial charge in [0.05, 0.1) is 21.8 Å². The van der Waals surface area contributed by atoms with Gasteiger partial charge in [0, 0.05) is 17.0 Å². The fourth-order valence-electron chi connectivity index (χ4n) is 4.14. The van der Waals surface area contributed by atoms with Crippen LogP contribution in [-0.4, -0.2) is 28.6 Å². The second-order valence-corrected chi connectivity index (χ2v) is 8.49. The number of ether oxygens (including phenoxy) is 1. The summed E-state index contributed by atoms with van der Waals surface area (Å²) in [6, 6.07) is 13.3. The zero-order valence-electron chi connectivity index (χ0n) is 18.6. The molecule has 0 radical (unpaired) electrons. The quantitative estimate of drug-likeness (QED) is 0.365. The molecule has 0 bridgehead atoms. The van der Waals surface area contributed by atoms with E-state index in [0.29, 0.717) is 51.3 Å². The Morgan fingerprint density at radius 2 is 2.03 bits per heavy atom. The maximum atomic E-state index is 14.4. The van der Waals surface area contributed by atoms with E-state index in [1.807, 2.05) is 6.07 Å². The minimum absolute atomic E-state index is 0.236. The van der Waals surface area contributed by atoms with Crippen molar-refractivity contribution in [2.45, 2.75) is 19.8 Å². The van der Waals surface area contributed by atoms with Gasteiger partial charge in [-0.15, -0.1) is 0 Å². The number of anilines is 1. The monoisotopic (exact) mass is 491 g/mol. The number of carbonyl (C=O) groups is 2. The molecule has 4 aromatic rings. The summed E-state index contributed by atoms with van der Waals surface area (Å²) in [5, 5.41) is 7.11. The Hall–Kier alpha value is -4.04. The maximum Gasteiger partial charge on any atom is 0.339 e. The van der Waals surface area contributed by atoms with E-state index in [9.17, 15) is 14.0 Å². The Bertz CT molecular complexity index is 1490. The van der Waals surface area contributed by atoms with Crippen molar-refractivity contribution in [2.75, 3.05) is 11.9 Å². The molecule has 2 aromatic carbocycles. The number of hydrogen-bond donors (Lipinski definition) is 1. The van der Waals surface area contributed by atoms with E-state index in [4.69, 9.17) is 25.8 Å². The van der Waals surface area contributed by atoms with Gasteiger partial charge in [-0.05, 0) is 55.2 Å². The molecular formula is C26H19ClFN3O4. The van der Waals surface area contributed by atoms with E-state index in [1.165, 1.54) is 6.07 Å². The van der Waals surface area contributed by atoms with Crippen LogP contribution in [0.5, 0.6) is 0 Å². The summed E-state index contributed by atoms with van der Waals surface area (Å²) in [6.07, 6.45) is 2.74. The third kappa shape index (κ3) is 4.52. The number of fused-ring (bicyclic) bond motifs is 2. The molecule has 176 valence electrons. The largest absolute Gasteiger partial charge is 0.452 e. The van der Waals surface area contributed by atoms with Gasteiger partial charge in [-0.3, -0.25) is 4.79 Å². The predicted octanol–water partition coefficient (Wildman–Crippen LogP) is 5.61. The van der Waals surface area contributed by atoms with Crippen LogP contribution < -0.4 is 5.32 Å². The van der Waals surface area contributed by atoms with E-state index in [-0.39, 0.29) is 11.4 Å². The Morgan fingerprint density at radius 1 is 1.20 bits per heavy atom. The molecule has 9 heteroatoms. The van der Waals surface area contributed by atoms with Gasteiger partial charge in [-0.1, -0.05) is 41.0 Å². The first kappa shape index (κ1) is 22.7. The number of nitrogens with zero attached hydrogens (tertiary/aromatic N) is 2. The van der Waals surface area contributed by atoms with Crippen molar-refractivity contribution in [1.82, 2.24) is 10.1 Å². The zero-order valence-corrected chi connectivity index (χ0v) is 19.4.